The number of rotatable bonds is 25. The topological polar surface area (TPSA) is 187 Å². The largest absolute Gasteiger partial charge is 0.378 e. The predicted molar refractivity (Wildman–Crippen MR) is 247 cm³/mol. The van der Waals surface area contributed by atoms with Crippen molar-refractivity contribution >= 4 is 84.0 Å². The molecule has 3 aromatic carbocycles. The van der Waals surface area contributed by atoms with Crippen molar-refractivity contribution in [3.8, 4) is 0 Å². The van der Waals surface area contributed by atoms with Gasteiger partial charge in [0.25, 0.3) is 5.91 Å². The van der Waals surface area contributed by atoms with Gasteiger partial charge in [0.2, 0.25) is 20.0 Å². The van der Waals surface area contributed by atoms with E-state index < -0.39 is 26.0 Å². The highest BCUT2D eigenvalue weighted by Gasteiger charge is 2.31. The van der Waals surface area contributed by atoms with E-state index in [4.69, 9.17) is 43.6 Å². The van der Waals surface area contributed by atoms with E-state index in [1.54, 1.807) is 19.9 Å². The second-order valence-electron chi connectivity index (χ2n) is 15.2. The third kappa shape index (κ3) is 13.9. The summed E-state index contributed by atoms with van der Waals surface area (Å²) in [5.41, 5.74) is 2.81. The minimum atomic E-state index is -4.36. The van der Waals surface area contributed by atoms with Crippen LogP contribution in [-0.4, -0.2) is 59.9 Å². The van der Waals surface area contributed by atoms with Crippen molar-refractivity contribution in [3.05, 3.63) is 68.2 Å². The van der Waals surface area contributed by atoms with E-state index in [0.29, 0.717) is 49.2 Å². The number of aryl methyl sites for hydroxylation is 1. The zero-order valence-electron chi connectivity index (χ0n) is 36.1. The Kier molecular flexibility index (Phi) is 20.8. The quantitative estimate of drug-likeness (QED) is 0.0243. The molecule has 0 unspecified atom stereocenters. The maximum atomic E-state index is 14.6. The first-order chi connectivity index (χ1) is 28.3. The van der Waals surface area contributed by atoms with E-state index in [-0.39, 0.29) is 52.8 Å². The second kappa shape index (κ2) is 24.2. The summed E-state index contributed by atoms with van der Waals surface area (Å²) in [6.07, 6.45) is 12.1. The number of amides is 1. The molecule has 0 saturated carbocycles. The SMILES string of the molecule is CCCCCCCCN(CCCCCCCC)S(=O)(=O)c1cc(Cl)c(NC(=O)C(=Nc2ccc(N(C)C)cc2C)c2c(C)c(SOON)c(C)c(S(N)(=O)=O)c2C)cc1Cl. The molecule has 0 atom stereocenters. The van der Waals surface area contributed by atoms with Crippen LogP contribution in [0.5, 0.6) is 0 Å². The highest BCUT2D eigenvalue weighted by atomic mass is 35.5. The van der Waals surface area contributed by atoms with Crippen LogP contribution >= 0.6 is 35.2 Å². The summed E-state index contributed by atoms with van der Waals surface area (Å²) in [4.78, 5) is 25.5. The fraction of sp³-hybridized carbons (Fsp3) is 0.524. The van der Waals surface area contributed by atoms with Crippen molar-refractivity contribution in [2.75, 3.05) is 37.4 Å². The van der Waals surface area contributed by atoms with E-state index in [9.17, 15) is 21.6 Å². The number of unbranched alkanes of at least 4 members (excludes halogenated alkanes) is 10. The number of nitrogens with zero attached hydrogens (tertiary/aromatic N) is 3. The van der Waals surface area contributed by atoms with E-state index >= 15 is 0 Å². The number of sulfonamides is 2. The number of nitrogens with two attached hydrogens (primary N) is 2. The van der Waals surface area contributed by atoms with Crippen molar-refractivity contribution in [1.29, 1.82) is 0 Å². The lowest BCUT2D eigenvalue weighted by molar-refractivity contribution is -0.195. The molecule has 334 valence electrons. The van der Waals surface area contributed by atoms with Crippen LogP contribution in [-0.2, 0) is 34.2 Å². The third-order valence-corrected chi connectivity index (χ3v) is 15.1. The van der Waals surface area contributed by atoms with E-state index in [1.165, 1.54) is 23.4 Å². The molecule has 5 N–H and O–H groups in total. The Morgan fingerprint density at radius 3 is 1.88 bits per heavy atom. The molecule has 0 aliphatic rings. The van der Waals surface area contributed by atoms with Gasteiger partial charge in [0.05, 0.1) is 38.4 Å². The number of carbonyl (C=O) groups is 1. The molecule has 13 nitrogen and oxygen atoms in total. The molecular formula is C42H62Cl2N6O7S3. The molecule has 3 aromatic rings. The molecule has 0 fully saturated rings. The van der Waals surface area contributed by atoms with Crippen molar-refractivity contribution < 1.29 is 31.0 Å². The van der Waals surface area contributed by atoms with Gasteiger partial charge in [-0.25, -0.2) is 27.0 Å². The number of primary sulfonamides is 1. The maximum absolute atomic E-state index is 14.6. The molecule has 60 heavy (non-hydrogen) atoms. The monoisotopic (exact) mass is 928 g/mol. The Balaban J connectivity index is 2.15. The molecule has 0 saturated heterocycles. The summed E-state index contributed by atoms with van der Waals surface area (Å²) in [7, 11) is -4.65. The number of aliphatic imine (C=N–C) groups is 1. The molecule has 0 aliphatic heterocycles. The first-order valence-corrected chi connectivity index (χ1v) is 24.8. The van der Waals surface area contributed by atoms with Crippen LogP contribution in [0.15, 0.2) is 50.0 Å². The molecule has 1 amide bonds. The molecule has 0 aliphatic carbocycles. The first kappa shape index (κ1) is 51.6. The van der Waals surface area contributed by atoms with Crippen LogP contribution in [0.25, 0.3) is 0 Å². The maximum Gasteiger partial charge on any atom is 0.274 e. The van der Waals surface area contributed by atoms with Gasteiger partial charge in [-0.1, -0.05) is 101 Å². The van der Waals surface area contributed by atoms with E-state index in [1.807, 2.05) is 38.1 Å². The number of nitrogens with one attached hydrogen (secondary N) is 1. The van der Waals surface area contributed by atoms with Crippen molar-refractivity contribution in [2.24, 2.45) is 16.0 Å². The van der Waals surface area contributed by atoms with Gasteiger partial charge in [-0.2, -0.15) is 10.2 Å². The van der Waals surface area contributed by atoms with Crippen molar-refractivity contribution in [2.45, 2.75) is 133 Å². The molecule has 18 heteroatoms. The average Bonchev–Trinajstić information content (AvgIpc) is 3.17. The summed E-state index contributed by atoms with van der Waals surface area (Å²) in [6.45, 7) is 11.6. The van der Waals surface area contributed by atoms with Crippen LogP contribution in [0.2, 0.25) is 10.0 Å². The fourth-order valence-corrected chi connectivity index (χ4v) is 11.2. The van der Waals surface area contributed by atoms with Gasteiger partial charge in [0.15, 0.2) is 0 Å². The molecule has 0 heterocycles. The Morgan fingerprint density at radius 2 is 1.37 bits per heavy atom. The van der Waals surface area contributed by atoms with Crippen LogP contribution < -0.4 is 21.3 Å². The smallest absolute Gasteiger partial charge is 0.274 e. The van der Waals surface area contributed by atoms with Crippen molar-refractivity contribution in [1.82, 2.24) is 4.31 Å². The average molecular weight is 930 g/mol. The number of anilines is 2. The predicted octanol–water partition coefficient (Wildman–Crippen LogP) is 10.2. The van der Waals surface area contributed by atoms with Gasteiger partial charge >= 0.3 is 0 Å². The number of carbonyl (C=O) groups excluding carboxylic acids is 1. The molecule has 3 rings (SSSR count). The van der Waals surface area contributed by atoms with Gasteiger partial charge in [-0.15, -0.1) is 9.32 Å². The van der Waals surface area contributed by atoms with Crippen molar-refractivity contribution in [3.63, 3.8) is 0 Å². The van der Waals surface area contributed by atoms with Gasteiger partial charge in [0.1, 0.15) is 10.6 Å². The Labute approximate surface area is 372 Å². The molecular weight excluding hydrogens is 868 g/mol. The number of halogens is 2. The van der Waals surface area contributed by atoms with E-state index in [2.05, 4.69) is 24.2 Å². The zero-order chi connectivity index (χ0) is 44.8. The Hall–Kier alpha value is -2.77. The van der Waals surface area contributed by atoms with Gasteiger partial charge in [-0.3, -0.25) is 4.79 Å². The third-order valence-electron chi connectivity index (χ3n) is 10.3. The minimum absolute atomic E-state index is 0.0138. The van der Waals surface area contributed by atoms with Gasteiger partial charge < -0.3 is 10.2 Å². The molecule has 0 spiro atoms. The van der Waals surface area contributed by atoms with Crippen LogP contribution in [0.1, 0.15) is 119 Å². The summed E-state index contributed by atoms with van der Waals surface area (Å²) in [6, 6.07) is 8.02. The minimum Gasteiger partial charge on any atom is -0.378 e. The standard InChI is InChI=1S/C42H62Cl2N6O7S3/c1-9-11-13-15-17-19-23-50(24-20-18-16-14-12-10-2)60(54,55)37-27-33(43)36(26-34(37)44)48-42(51)39(47-35-22-21-32(49(7)8)25-28(35)3)38-29(4)40(58-57-56-45)31(6)41(30(38)5)59(46,52)53/h21-22,25-27H,9-20,23-24,45H2,1-8H3,(H,48,51)(H2,46,52,53). The highest BCUT2D eigenvalue weighted by Crippen LogP contribution is 2.39. The Bertz CT molecular complexity index is 2190. The zero-order valence-corrected chi connectivity index (χ0v) is 40.1. The van der Waals surface area contributed by atoms with Crippen LogP contribution in [0.4, 0.5) is 17.1 Å². The number of benzene rings is 3. The van der Waals surface area contributed by atoms with Gasteiger partial charge in [0, 0.05) is 43.3 Å². The molecule has 0 bridgehead atoms. The molecule has 0 radical (unpaired) electrons. The summed E-state index contributed by atoms with van der Waals surface area (Å²) in [5.74, 6) is 4.34. The summed E-state index contributed by atoms with van der Waals surface area (Å²) in [5, 5.41) is 8.30. The Morgan fingerprint density at radius 1 is 0.800 bits per heavy atom. The number of hydrogen-bond donors (Lipinski definition) is 3. The van der Waals surface area contributed by atoms with Gasteiger partial charge in [-0.05, 0) is 93.1 Å². The normalized spacial score (nSPS) is 12.4. The van der Waals surface area contributed by atoms with E-state index in [0.717, 1.165) is 75.5 Å². The summed E-state index contributed by atoms with van der Waals surface area (Å²) < 4.78 is 61.1. The first-order valence-electron chi connectivity index (χ1n) is 20.4. The second-order valence-corrected chi connectivity index (χ2v) is 20.1. The molecule has 0 aromatic heterocycles. The lowest BCUT2D eigenvalue weighted by atomic mass is 9.94. The fourth-order valence-electron chi connectivity index (χ4n) is 7.15. The van der Waals surface area contributed by atoms with Crippen LogP contribution in [0.3, 0.4) is 0 Å². The highest BCUT2D eigenvalue weighted by molar-refractivity contribution is 7.94. The lowest BCUT2D eigenvalue weighted by Gasteiger charge is -2.24. The lowest BCUT2D eigenvalue weighted by Crippen LogP contribution is -2.33. The number of hydrogen-bond acceptors (Lipinski definition) is 11. The van der Waals surface area contributed by atoms with Crippen LogP contribution in [0, 0.1) is 27.7 Å². The summed E-state index contributed by atoms with van der Waals surface area (Å²) >= 11 is 14.2.